The Labute approximate surface area is 185 Å². The van der Waals surface area contributed by atoms with Gasteiger partial charge in [0.1, 0.15) is 11.6 Å². The maximum absolute atomic E-state index is 5.46. The summed E-state index contributed by atoms with van der Waals surface area (Å²) in [6.07, 6.45) is 1.91. The number of pyridine rings is 1. The summed E-state index contributed by atoms with van der Waals surface area (Å²) >= 11 is 0. The first-order valence-corrected chi connectivity index (χ1v) is 9.39. The number of aromatic nitrogens is 1. The Balaban J connectivity index is 0.00000392. The first-order chi connectivity index (χ1) is 13.1. The highest BCUT2D eigenvalue weighted by Gasteiger charge is 2.06. The van der Waals surface area contributed by atoms with Crippen molar-refractivity contribution in [2.24, 2.45) is 4.99 Å². The number of nitrogens with zero attached hydrogens (tertiary/aromatic N) is 3. The maximum atomic E-state index is 5.46. The third-order valence-corrected chi connectivity index (χ3v) is 4.47. The van der Waals surface area contributed by atoms with E-state index in [2.05, 4.69) is 70.5 Å². The number of hydrogen-bond acceptors (Lipinski definition) is 4. The number of aliphatic imine (C=N–C) groups is 1. The molecule has 1 heterocycles. The van der Waals surface area contributed by atoms with Crippen LogP contribution in [0.5, 0.6) is 5.75 Å². The van der Waals surface area contributed by atoms with Crippen LogP contribution in [-0.4, -0.2) is 38.2 Å². The quantitative estimate of drug-likeness (QED) is 0.331. The molecule has 0 saturated carbocycles. The average molecular weight is 497 g/mol. The van der Waals surface area contributed by atoms with Gasteiger partial charge in [-0.15, -0.1) is 24.0 Å². The van der Waals surface area contributed by atoms with Gasteiger partial charge in [0.15, 0.2) is 5.96 Å². The van der Waals surface area contributed by atoms with Crippen LogP contribution in [0.4, 0.5) is 5.82 Å². The van der Waals surface area contributed by atoms with Crippen LogP contribution in [0.1, 0.15) is 30.5 Å². The lowest BCUT2D eigenvalue weighted by Gasteiger charge is -2.19. The summed E-state index contributed by atoms with van der Waals surface area (Å²) in [5.41, 5.74) is 3.39. The molecule has 2 N–H and O–H groups in total. The van der Waals surface area contributed by atoms with Gasteiger partial charge in [-0.3, -0.25) is 4.99 Å². The zero-order valence-corrected chi connectivity index (χ0v) is 19.8. The van der Waals surface area contributed by atoms with E-state index in [1.807, 2.05) is 12.3 Å². The fourth-order valence-electron chi connectivity index (χ4n) is 2.84. The second-order valence-electron chi connectivity index (χ2n) is 6.29. The molecule has 28 heavy (non-hydrogen) atoms. The average Bonchev–Trinajstić information content (AvgIpc) is 2.70. The summed E-state index contributed by atoms with van der Waals surface area (Å²) < 4.78 is 5.46. The first kappa shape index (κ1) is 24.0. The first-order valence-electron chi connectivity index (χ1n) is 9.39. The lowest BCUT2D eigenvalue weighted by atomic mass is 10.1. The largest absolute Gasteiger partial charge is 0.496 e. The Morgan fingerprint density at radius 2 is 1.82 bits per heavy atom. The second-order valence-corrected chi connectivity index (χ2v) is 6.29. The van der Waals surface area contributed by atoms with Gasteiger partial charge < -0.3 is 20.3 Å². The highest BCUT2D eigenvalue weighted by atomic mass is 127. The molecule has 0 fully saturated rings. The van der Waals surface area contributed by atoms with E-state index in [1.54, 1.807) is 14.2 Å². The molecule has 0 aliphatic rings. The van der Waals surface area contributed by atoms with Crippen molar-refractivity contribution in [2.75, 3.05) is 32.1 Å². The van der Waals surface area contributed by atoms with E-state index in [9.17, 15) is 0 Å². The number of hydrogen-bond donors (Lipinski definition) is 2. The number of methoxy groups -OCH3 is 1. The standard InChI is InChI=1S/C21H31N5O.HI/c1-6-26(7-2)20-11-9-17(13-23-20)14-24-21(22-4)25-15-18-10-8-16(3)12-19(18)27-5;/h8-13H,6-7,14-15H2,1-5H3,(H2,22,24,25);1H. The number of anilines is 1. The fourth-order valence-corrected chi connectivity index (χ4v) is 2.84. The van der Waals surface area contributed by atoms with E-state index in [0.29, 0.717) is 13.1 Å². The van der Waals surface area contributed by atoms with E-state index in [0.717, 1.165) is 41.7 Å². The summed E-state index contributed by atoms with van der Waals surface area (Å²) in [6, 6.07) is 10.4. The SMILES string of the molecule is CCN(CC)c1ccc(CNC(=NC)NCc2ccc(C)cc2OC)cn1.I. The van der Waals surface area contributed by atoms with Crippen LogP contribution >= 0.6 is 24.0 Å². The van der Waals surface area contributed by atoms with Crippen molar-refractivity contribution < 1.29 is 4.74 Å². The van der Waals surface area contributed by atoms with Crippen LogP contribution in [0.25, 0.3) is 0 Å². The van der Waals surface area contributed by atoms with Gasteiger partial charge in [-0.1, -0.05) is 18.2 Å². The molecular weight excluding hydrogens is 465 g/mol. The molecular formula is C21H32IN5O. The third-order valence-electron chi connectivity index (χ3n) is 4.47. The van der Waals surface area contributed by atoms with Gasteiger partial charge in [-0.25, -0.2) is 4.98 Å². The topological polar surface area (TPSA) is 61.8 Å². The minimum absolute atomic E-state index is 0. The Hall–Kier alpha value is -2.03. The van der Waals surface area contributed by atoms with Gasteiger partial charge in [0, 0.05) is 45.0 Å². The summed E-state index contributed by atoms with van der Waals surface area (Å²) in [7, 11) is 3.46. The van der Waals surface area contributed by atoms with Crippen LogP contribution < -0.4 is 20.3 Å². The van der Waals surface area contributed by atoms with E-state index in [4.69, 9.17) is 4.74 Å². The fraction of sp³-hybridized carbons (Fsp3) is 0.429. The number of aryl methyl sites for hydroxylation is 1. The number of ether oxygens (including phenoxy) is 1. The molecule has 0 unspecified atom stereocenters. The lowest BCUT2D eigenvalue weighted by molar-refractivity contribution is 0.408. The number of nitrogens with one attached hydrogen (secondary N) is 2. The highest BCUT2D eigenvalue weighted by molar-refractivity contribution is 14.0. The molecule has 0 amide bonds. The van der Waals surface area contributed by atoms with Crippen LogP contribution in [0.15, 0.2) is 41.5 Å². The van der Waals surface area contributed by atoms with Crippen LogP contribution in [0, 0.1) is 6.92 Å². The minimum Gasteiger partial charge on any atom is -0.496 e. The molecule has 6 nitrogen and oxygen atoms in total. The molecule has 0 atom stereocenters. The molecule has 0 aliphatic heterocycles. The van der Waals surface area contributed by atoms with Gasteiger partial charge in [0.25, 0.3) is 0 Å². The van der Waals surface area contributed by atoms with E-state index < -0.39 is 0 Å². The predicted molar refractivity (Wildman–Crippen MR) is 128 cm³/mol. The molecule has 1 aromatic heterocycles. The Kier molecular flexibility index (Phi) is 10.7. The molecule has 0 radical (unpaired) electrons. The summed E-state index contributed by atoms with van der Waals surface area (Å²) in [5, 5.41) is 6.65. The number of rotatable bonds is 8. The minimum atomic E-state index is 0. The van der Waals surface area contributed by atoms with Crippen LogP contribution in [0.2, 0.25) is 0 Å². The molecule has 2 rings (SSSR count). The highest BCUT2D eigenvalue weighted by Crippen LogP contribution is 2.19. The summed E-state index contributed by atoms with van der Waals surface area (Å²) in [4.78, 5) is 11.1. The monoisotopic (exact) mass is 497 g/mol. The van der Waals surface area contributed by atoms with Crippen molar-refractivity contribution in [1.82, 2.24) is 15.6 Å². The summed E-state index contributed by atoms with van der Waals surface area (Å²) in [5.74, 6) is 2.64. The zero-order valence-electron chi connectivity index (χ0n) is 17.5. The molecule has 0 bridgehead atoms. The van der Waals surface area contributed by atoms with Crippen molar-refractivity contribution >= 4 is 35.8 Å². The van der Waals surface area contributed by atoms with Gasteiger partial charge >= 0.3 is 0 Å². The van der Waals surface area contributed by atoms with Crippen molar-refractivity contribution in [3.05, 3.63) is 53.2 Å². The van der Waals surface area contributed by atoms with Crippen molar-refractivity contribution in [2.45, 2.75) is 33.9 Å². The molecule has 1 aromatic carbocycles. The molecule has 0 spiro atoms. The Morgan fingerprint density at radius 1 is 1.11 bits per heavy atom. The Bertz CT molecular complexity index is 745. The third kappa shape index (κ3) is 6.85. The predicted octanol–water partition coefficient (Wildman–Crippen LogP) is 3.73. The zero-order chi connectivity index (χ0) is 19.6. The second kappa shape index (κ2) is 12.4. The smallest absolute Gasteiger partial charge is 0.191 e. The van der Waals surface area contributed by atoms with Crippen molar-refractivity contribution in [1.29, 1.82) is 0 Å². The Morgan fingerprint density at radius 3 is 2.39 bits per heavy atom. The normalized spacial score (nSPS) is 10.8. The number of guanidine groups is 1. The molecule has 154 valence electrons. The van der Waals surface area contributed by atoms with Crippen LogP contribution in [-0.2, 0) is 13.1 Å². The van der Waals surface area contributed by atoms with E-state index in [1.165, 1.54) is 5.56 Å². The van der Waals surface area contributed by atoms with Crippen LogP contribution in [0.3, 0.4) is 0 Å². The van der Waals surface area contributed by atoms with Gasteiger partial charge in [-0.05, 0) is 44.0 Å². The molecule has 0 aliphatic carbocycles. The van der Waals surface area contributed by atoms with E-state index >= 15 is 0 Å². The van der Waals surface area contributed by atoms with Crippen molar-refractivity contribution in [3.8, 4) is 5.75 Å². The van der Waals surface area contributed by atoms with Gasteiger partial charge in [0.05, 0.1) is 7.11 Å². The number of benzene rings is 1. The summed E-state index contributed by atoms with van der Waals surface area (Å²) in [6.45, 7) is 9.55. The molecule has 2 aromatic rings. The van der Waals surface area contributed by atoms with Crippen molar-refractivity contribution in [3.63, 3.8) is 0 Å². The maximum Gasteiger partial charge on any atom is 0.191 e. The molecule has 0 saturated heterocycles. The van der Waals surface area contributed by atoms with Gasteiger partial charge in [-0.2, -0.15) is 0 Å². The molecule has 7 heteroatoms. The van der Waals surface area contributed by atoms with E-state index in [-0.39, 0.29) is 24.0 Å². The number of halogens is 1. The lowest BCUT2D eigenvalue weighted by Crippen LogP contribution is -2.36. The van der Waals surface area contributed by atoms with Gasteiger partial charge in [0.2, 0.25) is 0 Å².